The van der Waals surface area contributed by atoms with Gasteiger partial charge in [0.25, 0.3) is 0 Å². The van der Waals surface area contributed by atoms with Crippen LogP contribution in [0.1, 0.15) is 11.1 Å². The van der Waals surface area contributed by atoms with Crippen molar-refractivity contribution in [2.24, 2.45) is 4.99 Å². The number of esters is 1. The number of carbonyl (C=O) groups excluding carboxylic acids is 1. The van der Waals surface area contributed by atoms with Crippen LogP contribution in [0.4, 0.5) is 4.39 Å². The Bertz CT molecular complexity index is 779. The molecule has 3 rings (SSSR count). The van der Waals surface area contributed by atoms with E-state index in [0.29, 0.717) is 11.3 Å². The third-order valence-corrected chi connectivity index (χ3v) is 3.14. The van der Waals surface area contributed by atoms with Gasteiger partial charge in [-0.2, -0.15) is 0 Å². The molecule has 0 aliphatic carbocycles. The molecule has 2 aromatic carbocycles. The third kappa shape index (κ3) is 2.74. The Balaban J connectivity index is 1.96. The van der Waals surface area contributed by atoms with Crippen molar-refractivity contribution in [1.29, 1.82) is 0 Å². The summed E-state index contributed by atoms with van der Waals surface area (Å²) in [6.45, 7) is 0. The minimum absolute atomic E-state index is 0.158. The minimum Gasteiger partial charge on any atom is -0.496 e. The molecule has 0 amide bonds. The number of benzene rings is 2. The van der Waals surface area contributed by atoms with Gasteiger partial charge in [-0.3, -0.25) is 0 Å². The second-order valence-corrected chi connectivity index (χ2v) is 4.58. The quantitative estimate of drug-likeness (QED) is 0.646. The number of ether oxygens (including phenoxy) is 2. The van der Waals surface area contributed by atoms with E-state index in [1.807, 2.05) is 18.2 Å². The zero-order valence-corrected chi connectivity index (χ0v) is 11.7. The smallest absolute Gasteiger partial charge is 0.363 e. The Morgan fingerprint density at radius 3 is 2.59 bits per heavy atom. The average Bonchev–Trinajstić information content (AvgIpc) is 2.89. The van der Waals surface area contributed by atoms with E-state index in [1.54, 1.807) is 19.3 Å². The first-order valence-electron chi connectivity index (χ1n) is 6.59. The molecule has 110 valence electrons. The van der Waals surface area contributed by atoms with Crippen LogP contribution in [0.15, 0.2) is 59.2 Å². The van der Waals surface area contributed by atoms with Gasteiger partial charge < -0.3 is 9.47 Å². The normalized spacial score (nSPS) is 15.6. The third-order valence-electron chi connectivity index (χ3n) is 3.14. The standard InChI is InChI=1S/C17H12FNO3/c1-21-15-5-3-2-4-12(15)10-14-17(20)22-16(19-14)11-6-8-13(18)9-7-11/h2-10H,1H3/b14-10-. The largest absolute Gasteiger partial charge is 0.496 e. The maximum absolute atomic E-state index is 12.9. The molecule has 1 aliphatic heterocycles. The van der Waals surface area contributed by atoms with Crippen molar-refractivity contribution in [1.82, 2.24) is 0 Å². The summed E-state index contributed by atoms with van der Waals surface area (Å²) in [5.41, 5.74) is 1.43. The zero-order valence-electron chi connectivity index (χ0n) is 11.7. The van der Waals surface area contributed by atoms with E-state index in [0.717, 1.165) is 5.56 Å². The predicted molar refractivity (Wildman–Crippen MR) is 80.0 cm³/mol. The monoisotopic (exact) mass is 297 g/mol. The van der Waals surface area contributed by atoms with Crippen molar-refractivity contribution in [3.05, 3.63) is 71.2 Å². The van der Waals surface area contributed by atoms with Gasteiger partial charge in [0.15, 0.2) is 5.70 Å². The van der Waals surface area contributed by atoms with Crippen molar-refractivity contribution >= 4 is 17.9 Å². The molecule has 0 aromatic heterocycles. The van der Waals surface area contributed by atoms with E-state index in [-0.39, 0.29) is 17.4 Å². The van der Waals surface area contributed by atoms with Gasteiger partial charge in [-0.05, 0) is 36.4 Å². The maximum Gasteiger partial charge on any atom is 0.363 e. The van der Waals surface area contributed by atoms with Crippen LogP contribution in [-0.4, -0.2) is 19.0 Å². The van der Waals surface area contributed by atoms with Gasteiger partial charge in [-0.25, -0.2) is 14.2 Å². The summed E-state index contributed by atoms with van der Waals surface area (Å²) in [7, 11) is 1.55. The fraction of sp³-hybridized carbons (Fsp3) is 0.0588. The van der Waals surface area contributed by atoms with E-state index in [2.05, 4.69) is 4.99 Å². The summed E-state index contributed by atoms with van der Waals surface area (Å²) in [5, 5.41) is 0. The molecule has 0 unspecified atom stereocenters. The Labute approximate surface area is 126 Å². The lowest BCUT2D eigenvalue weighted by Gasteiger charge is -2.03. The van der Waals surface area contributed by atoms with Gasteiger partial charge in [0.1, 0.15) is 11.6 Å². The highest BCUT2D eigenvalue weighted by Crippen LogP contribution is 2.24. The van der Waals surface area contributed by atoms with Gasteiger partial charge in [0.2, 0.25) is 5.90 Å². The molecule has 22 heavy (non-hydrogen) atoms. The first-order valence-corrected chi connectivity index (χ1v) is 6.59. The summed E-state index contributed by atoms with van der Waals surface area (Å²) < 4.78 is 23.3. The molecule has 4 nitrogen and oxygen atoms in total. The molecule has 0 N–H and O–H groups in total. The van der Waals surface area contributed by atoms with Gasteiger partial charge in [-0.15, -0.1) is 0 Å². The van der Waals surface area contributed by atoms with Crippen molar-refractivity contribution < 1.29 is 18.7 Å². The van der Waals surface area contributed by atoms with Crippen molar-refractivity contribution in [3.63, 3.8) is 0 Å². The van der Waals surface area contributed by atoms with Gasteiger partial charge in [-0.1, -0.05) is 18.2 Å². The molecule has 2 aromatic rings. The number of aliphatic imine (C=N–C) groups is 1. The summed E-state index contributed by atoms with van der Waals surface area (Å²) in [6.07, 6.45) is 1.59. The van der Waals surface area contributed by atoms with Crippen LogP contribution in [-0.2, 0) is 9.53 Å². The zero-order chi connectivity index (χ0) is 15.5. The maximum atomic E-state index is 12.9. The lowest BCUT2D eigenvalue weighted by atomic mass is 10.1. The second kappa shape index (κ2) is 5.81. The number of para-hydroxylation sites is 1. The highest BCUT2D eigenvalue weighted by molar-refractivity contribution is 6.12. The summed E-state index contributed by atoms with van der Waals surface area (Å²) in [5.74, 6) is -0.122. The van der Waals surface area contributed by atoms with Crippen LogP contribution in [0.5, 0.6) is 5.75 Å². The Kier molecular flexibility index (Phi) is 3.70. The van der Waals surface area contributed by atoms with E-state index < -0.39 is 5.97 Å². The molecule has 0 spiro atoms. The topological polar surface area (TPSA) is 47.9 Å². The second-order valence-electron chi connectivity index (χ2n) is 4.58. The SMILES string of the molecule is COc1ccccc1/C=C1\N=C(c2ccc(F)cc2)OC1=O. The first-order chi connectivity index (χ1) is 10.7. The highest BCUT2D eigenvalue weighted by atomic mass is 19.1. The van der Waals surface area contributed by atoms with Crippen molar-refractivity contribution in [2.45, 2.75) is 0 Å². The number of halogens is 1. The Morgan fingerprint density at radius 1 is 1.14 bits per heavy atom. The lowest BCUT2D eigenvalue weighted by molar-refractivity contribution is -0.129. The molecule has 1 heterocycles. The Hall–Kier alpha value is -2.95. The first kappa shape index (κ1) is 14.0. The lowest BCUT2D eigenvalue weighted by Crippen LogP contribution is -2.05. The molecule has 0 radical (unpaired) electrons. The Morgan fingerprint density at radius 2 is 1.86 bits per heavy atom. The van der Waals surface area contributed by atoms with Crippen LogP contribution in [0.25, 0.3) is 6.08 Å². The van der Waals surface area contributed by atoms with Gasteiger partial charge in [0, 0.05) is 11.1 Å². The van der Waals surface area contributed by atoms with Crippen LogP contribution < -0.4 is 4.74 Å². The summed E-state index contributed by atoms with van der Waals surface area (Å²) >= 11 is 0. The number of carbonyl (C=O) groups is 1. The van der Waals surface area contributed by atoms with Gasteiger partial charge >= 0.3 is 5.97 Å². The number of hydrogen-bond donors (Lipinski definition) is 0. The molecule has 0 fully saturated rings. The van der Waals surface area contributed by atoms with Gasteiger partial charge in [0.05, 0.1) is 7.11 Å². The van der Waals surface area contributed by atoms with Crippen LogP contribution >= 0.6 is 0 Å². The number of rotatable bonds is 3. The summed E-state index contributed by atoms with van der Waals surface area (Å²) in [4.78, 5) is 16.1. The number of hydrogen-bond acceptors (Lipinski definition) is 4. The minimum atomic E-state index is -0.551. The fourth-order valence-electron chi connectivity index (χ4n) is 2.06. The molecular weight excluding hydrogens is 285 g/mol. The van der Waals surface area contributed by atoms with E-state index >= 15 is 0 Å². The highest BCUT2D eigenvalue weighted by Gasteiger charge is 2.24. The predicted octanol–water partition coefficient (Wildman–Crippen LogP) is 3.18. The van der Waals surface area contributed by atoms with Crippen LogP contribution in [0.3, 0.4) is 0 Å². The van der Waals surface area contributed by atoms with Crippen molar-refractivity contribution in [2.75, 3.05) is 7.11 Å². The van der Waals surface area contributed by atoms with Crippen LogP contribution in [0, 0.1) is 5.82 Å². The number of nitrogens with zero attached hydrogens (tertiary/aromatic N) is 1. The molecule has 5 heteroatoms. The number of methoxy groups -OCH3 is 1. The molecular formula is C17H12FNO3. The van der Waals surface area contributed by atoms with E-state index in [9.17, 15) is 9.18 Å². The fourth-order valence-corrected chi connectivity index (χ4v) is 2.06. The average molecular weight is 297 g/mol. The molecule has 0 saturated carbocycles. The van der Waals surface area contributed by atoms with Crippen LogP contribution in [0.2, 0.25) is 0 Å². The van der Waals surface area contributed by atoms with E-state index in [1.165, 1.54) is 24.3 Å². The number of cyclic esters (lactones) is 1. The van der Waals surface area contributed by atoms with E-state index in [4.69, 9.17) is 9.47 Å². The molecule has 0 bridgehead atoms. The molecule has 1 aliphatic rings. The summed E-state index contributed by atoms with van der Waals surface area (Å²) in [6, 6.07) is 12.9. The molecule has 0 saturated heterocycles. The van der Waals surface area contributed by atoms with Crippen molar-refractivity contribution in [3.8, 4) is 5.75 Å². The molecule has 0 atom stereocenters.